The lowest BCUT2D eigenvalue weighted by Gasteiger charge is -2.40. The Balaban J connectivity index is 3.33. The second-order valence-corrected chi connectivity index (χ2v) is 7.79. The first-order chi connectivity index (χ1) is 9.57. The van der Waals surface area contributed by atoms with E-state index in [1.54, 1.807) is 0 Å². The number of phenolic OH excluding ortho intramolecular Hbond substituents is 1. The second-order valence-electron chi connectivity index (χ2n) is 6.76. The zero-order valence-corrected chi connectivity index (χ0v) is 15.6. The van der Waals surface area contributed by atoms with Crippen molar-refractivity contribution in [3.63, 3.8) is 0 Å². The van der Waals surface area contributed by atoms with E-state index in [0.29, 0.717) is 14.6 Å². The molecule has 0 aliphatic carbocycles. The van der Waals surface area contributed by atoms with Gasteiger partial charge < -0.3 is 34.4 Å². The maximum Gasteiger partial charge on any atom is 0.122 e. The van der Waals surface area contributed by atoms with E-state index in [4.69, 9.17) is 24.8 Å². The van der Waals surface area contributed by atoms with Crippen LogP contribution < -0.4 is 0 Å². The lowest BCUT2D eigenvalue weighted by molar-refractivity contribution is -0.845. The molecule has 0 spiro atoms. The van der Waals surface area contributed by atoms with Gasteiger partial charge >= 0.3 is 0 Å². The highest BCUT2D eigenvalue weighted by Crippen LogP contribution is 2.34. The van der Waals surface area contributed by atoms with E-state index in [0.717, 1.165) is 30.8 Å². The summed E-state index contributed by atoms with van der Waals surface area (Å²) in [5.41, 5.74) is 3.00. The maximum absolute atomic E-state index is 10.3. The van der Waals surface area contributed by atoms with Gasteiger partial charge in [-0.15, -0.1) is 0 Å². The predicted molar refractivity (Wildman–Crippen MR) is 96.6 cm³/mol. The van der Waals surface area contributed by atoms with Crippen LogP contribution >= 0.6 is 12.2 Å². The molecule has 0 radical (unpaired) electrons. The Hall–Kier alpha value is -0.710. The fourth-order valence-electron chi connectivity index (χ4n) is 2.64. The Labute approximate surface area is 140 Å². The van der Waals surface area contributed by atoms with Crippen LogP contribution in [0.1, 0.15) is 51.3 Å². The maximum atomic E-state index is 10.3. The molecule has 1 rings (SSSR count). The van der Waals surface area contributed by atoms with Crippen molar-refractivity contribution in [2.24, 2.45) is 0 Å². The average Bonchev–Trinajstić information content (AvgIpc) is 2.38. The largest absolute Gasteiger partial charge is 0.507 e. The molecule has 0 unspecified atom stereocenters. The van der Waals surface area contributed by atoms with E-state index in [1.165, 1.54) is 5.56 Å². The molecule has 0 aliphatic heterocycles. The van der Waals surface area contributed by atoms with Crippen molar-refractivity contribution in [1.82, 2.24) is 0 Å². The first-order valence-corrected chi connectivity index (χ1v) is 8.29. The normalized spacial score (nSPS) is 12.5. The van der Waals surface area contributed by atoms with Crippen molar-refractivity contribution in [1.29, 1.82) is 0 Å². The van der Waals surface area contributed by atoms with Crippen LogP contribution in [-0.2, 0) is 24.6 Å². The first-order valence-electron chi connectivity index (χ1n) is 7.48. The van der Waals surface area contributed by atoms with Crippen LogP contribution in [0.4, 0.5) is 0 Å². The van der Waals surface area contributed by atoms with Gasteiger partial charge in [0.1, 0.15) is 12.3 Å². The van der Waals surface area contributed by atoms with Gasteiger partial charge in [-0.25, -0.2) is 0 Å². The van der Waals surface area contributed by atoms with Gasteiger partial charge in [0.2, 0.25) is 0 Å². The van der Waals surface area contributed by atoms with E-state index in [9.17, 15) is 5.11 Å². The summed E-state index contributed by atoms with van der Waals surface area (Å²) in [5.74, 6) is 0.401. The summed E-state index contributed by atoms with van der Waals surface area (Å²) < 4.78 is 1.25. The standard InChI is InChI=1S/C17H27NOS2/c1-7-18(8-2,16(20)21)11-13-9-12(3)15(19)14(10-13)17(4,5)6/h9-10H,7-8,11H2,1-6H3,(H-,19,20,21). The predicted octanol–water partition coefficient (Wildman–Crippen LogP) is 4.19. The van der Waals surface area contributed by atoms with Gasteiger partial charge in [0, 0.05) is 9.88 Å². The van der Waals surface area contributed by atoms with Crippen LogP contribution in [0.5, 0.6) is 5.75 Å². The number of phenols is 1. The van der Waals surface area contributed by atoms with E-state index in [1.807, 2.05) is 6.92 Å². The number of hydrogen-bond acceptors (Lipinski definition) is 3. The summed E-state index contributed by atoms with van der Waals surface area (Å²) in [7, 11) is 0. The van der Waals surface area contributed by atoms with E-state index >= 15 is 0 Å². The van der Waals surface area contributed by atoms with E-state index < -0.39 is 0 Å². The second kappa shape index (κ2) is 6.59. The van der Waals surface area contributed by atoms with Gasteiger partial charge in [0.15, 0.2) is 0 Å². The lowest BCUT2D eigenvalue weighted by atomic mass is 9.84. The number of rotatable bonds is 4. The minimum Gasteiger partial charge on any atom is -0.507 e. The summed E-state index contributed by atoms with van der Waals surface area (Å²) in [5, 5.41) is 10.3. The molecule has 1 N–H and O–H groups in total. The molecule has 0 aliphatic rings. The number of aromatic hydroxyl groups is 1. The third kappa shape index (κ3) is 3.93. The van der Waals surface area contributed by atoms with Crippen molar-refractivity contribution < 1.29 is 9.59 Å². The summed E-state index contributed by atoms with van der Waals surface area (Å²) in [6.45, 7) is 15.1. The molecule has 2 nitrogen and oxygen atoms in total. The summed E-state index contributed by atoms with van der Waals surface area (Å²) >= 11 is 10.7. The molecule has 0 amide bonds. The van der Waals surface area contributed by atoms with Crippen molar-refractivity contribution >= 4 is 29.2 Å². The number of quaternary nitrogens is 1. The minimum absolute atomic E-state index is 0.0899. The van der Waals surface area contributed by atoms with Crippen LogP contribution in [0.25, 0.3) is 0 Å². The summed E-state index contributed by atoms with van der Waals surface area (Å²) in [6.07, 6.45) is 0. The topological polar surface area (TPSA) is 20.2 Å². The van der Waals surface area contributed by atoms with Gasteiger partial charge in [-0.3, -0.25) is 0 Å². The van der Waals surface area contributed by atoms with E-state index in [-0.39, 0.29) is 5.41 Å². The molecule has 0 atom stereocenters. The lowest BCUT2D eigenvalue weighted by Crippen LogP contribution is -2.50. The zero-order chi connectivity index (χ0) is 16.4. The highest BCUT2D eigenvalue weighted by atomic mass is 32.1. The molecule has 0 saturated carbocycles. The molecule has 4 heteroatoms. The van der Waals surface area contributed by atoms with Gasteiger partial charge in [-0.2, -0.15) is 0 Å². The zero-order valence-electron chi connectivity index (χ0n) is 14.0. The van der Waals surface area contributed by atoms with Gasteiger partial charge in [0.25, 0.3) is 0 Å². The molecular formula is C17H27NOS2. The molecule has 0 saturated heterocycles. The van der Waals surface area contributed by atoms with Crippen molar-refractivity contribution in [3.8, 4) is 5.75 Å². The van der Waals surface area contributed by atoms with E-state index in [2.05, 4.69) is 46.8 Å². The average molecular weight is 326 g/mol. The Morgan fingerprint density at radius 3 is 2.14 bits per heavy atom. The van der Waals surface area contributed by atoms with Crippen molar-refractivity contribution in [2.75, 3.05) is 13.1 Å². The van der Waals surface area contributed by atoms with Crippen LogP contribution in [0.3, 0.4) is 0 Å². The quantitative estimate of drug-likeness (QED) is 0.509. The molecule has 0 bridgehead atoms. The molecule has 1 aromatic carbocycles. The Bertz CT molecular complexity index is 528. The van der Waals surface area contributed by atoms with Gasteiger partial charge in [-0.05, 0) is 49.4 Å². The monoisotopic (exact) mass is 325 g/mol. The molecule has 118 valence electrons. The Morgan fingerprint density at radius 2 is 1.76 bits per heavy atom. The summed E-state index contributed by atoms with van der Waals surface area (Å²) in [4.78, 5) is 0. The number of nitrogens with zero attached hydrogens (tertiary/aromatic N) is 1. The van der Waals surface area contributed by atoms with Gasteiger partial charge in [-0.1, -0.05) is 20.8 Å². The van der Waals surface area contributed by atoms with Crippen molar-refractivity contribution in [2.45, 2.75) is 53.5 Å². The first kappa shape index (κ1) is 18.3. The molecule has 21 heavy (non-hydrogen) atoms. The Kier molecular flexibility index (Phi) is 5.76. The van der Waals surface area contributed by atoms with Crippen LogP contribution in [0.15, 0.2) is 12.1 Å². The number of aryl methyl sites for hydroxylation is 1. The molecule has 1 aromatic rings. The SMILES string of the molecule is CC[N+](CC)(Cc1cc(C)c(O)c(C(C)(C)C)c1)C(=S)[S-]. The molecular weight excluding hydrogens is 298 g/mol. The smallest absolute Gasteiger partial charge is 0.122 e. The summed E-state index contributed by atoms with van der Waals surface area (Å²) in [6, 6.07) is 4.16. The fourth-order valence-corrected chi connectivity index (χ4v) is 3.28. The number of thiocarbonyl (C=S) groups is 1. The molecule has 0 heterocycles. The molecule has 0 aromatic heterocycles. The highest BCUT2D eigenvalue weighted by Gasteiger charge is 2.26. The number of benzene rings is 1. The van der Waals surface area contributed by atoms with Crippen LogP contribution in [-0.4, -0.2) is 27.0 Å². The molecule has 0 fully saturated rings. The third-order valence-corrected chi connectivity index (χ3v) is 5.03. The van der Waals surface area contributed by atoms with Crippen molar-refractivity contribution in [3.05, 3.63) is 28.8 Å². The number of hydrogen-bond donors (Lipinski definition) is 1. The van der Waals surface area contributed by atoms with Crippen LogP contribution in [0, 0.1) is 6.92 Å². The minimum atomic E-state index is -0.0899. The highest BCUT2D eigenvalue weighted by molar-refractivity contribution is 7.99. The fraction of sp³-hybridized carbons (Fsp3) is 0.588. The Morgan fingerprint density at radius 1 is 1.24 bits per heavy atom. The third-order valence-electron chi connectivity index (χ3n) is 4.25. The van der Waals surface area contributed by atoms with Crippen LogP contribution in [0.2, 0.25) is 0 Å². The van der Waals surface area contributed by atoms with Gasteiger partial charge in [0.05, 0.1) is 13.1 Å².